The van der Waals surface area contributed by atoms with E-state index in [1.54, 1.807) is 0 Å². The number of benzene rings is 2. The molecule has 0 aliphatic rings. The molecule has 0 aliphatic heterocycles. The van der Waals surface area contributed by atoms with Crippen LogP contribution in [0.1, 0.15) is 0 Å². The van der Waals surface area contributed by atoms with Gasteiger partial charge in [0.15, 0.2) is 0 Å². The molecule has 3 rings (SSSR count). The van der Waals surface area contributed by atoms with Crippen molar-refractivity contribution in [3.8, 4) is 11.5 Å². The predicted molar refractivity (Wildman–Crippen MR) is 101 cm³/mol. The van der Waals surface area contributed by atoms with Gasteiger partial charge >= 0.3 is 0 Å². The maximum absolute atomic E-state index is 12.0. The van der Waals surface area contributed by atoms with Crippen molar-refractivity contribution in [2.45, 2.75) is 5.22 Å². The number of nitrogens with one attached hydrogen (secondary N) is 1. The standard InChI is InChI=1S/C16H11Br2N3O2S/c17-10-4-3-5-11(8-10)19-14(22)9-24-16-21-20-15(23-16)12-6-1-2-7-13(12)18/h1-8H,9H2,(H,19,22). The molecule has 0 bridgehead atoms. The summed E-state index contributed by atoms with van der Waals surface area (Å²) >= 11 is 8.00. The molecular formula is C16H11Br2N3O2S. The second kappa shape index (κ2) is 7.96. The smallest absolute Gasteiger partial charge is 0.277 e. The van der Waals surface area contributed by atoms with Gasteiger partial charge in [0, 0.05) is 14.6 Å². The summed E-state index contributed by atoms with van der Waals surface area (Å²) in [5, 5.41) is 11.1. The topological polar surface area (TPSA) is 68.0 Å². The third-order valence-corrected chi connectivity index (χ3v) is 4.95. The van der Waals surface area contributed by atoms with E-state index < -0.39 is 0 Å². The first-order valence-corrected chi connectivity index (χ1v) is 9.45. The van der Waals surface area contributed by atoms with Crippen LogP contribution in [0.2, 0.25) is 0 Å². The van der Waals surface area contributed by atoms with Gasteiger partial charge in [0.2, 0.25) is 11.8 Å². The van der Waals surface area contributed by atoms with Crippen LogP contribution < -0.4 is 5.32 Å². The zero-order chi connectivity index (χ0) is 16.9. The van der Waals surface area contributed by atoms with Crippen LogP contribution in [0.5, 0.6) is 0 Å². The van der Waals surface area contributed by atoms with E-state index in [-0.39, 0.29) is 11.7 Å². The van der Waals surface area contributed by atoms with Crippen LogP contribution in [0.4, 0.5) is 5.69 Å². The van der Waals surface area contributed by atoms with Crippen LogP contribution in [-0.2, 0) is 4.79 Å². The molecule has 122 valence electrons. The number of aromatic nitrogens is 2. The van der Waals surface area contributed by atoms with Gasteiger partial charge in [-0.05, 0) is 46.3 Å². The van der Waals surface area contributed by atoms with Gasteiger partial charge in [-0.25, -0.2) is 0 Å². The monoisotopic (exact) mass is 467 g/mol. The lowest BCUT2D eigenvalue weighted by Crippen LogP contribution is -2.13. The lowest BCUT2D eigenvalue weighted by molar-refractivity contribution is -0.113. The van der Waals surface area contributed by atoms with E-state index in [4.69, 9.17) is 4.42 Å². The van der Waals surface area contributed by atoms with Gasteiger partial charge < -0.3 is 9.73 Å². The van der Waals surface area contributed by atoms with E-state index in [0.29, 0.717) is 11.1 Å². The molecular weight excluding hydrogens is 458 g/mol. The predicted octanol–water partition coefficient (Wildman–Crippen LogP) is 4.99. The molecule has 1 aromatic heterocycles. The normalized spacial score (nSPS) is 10.6. The molecule has 0 spiro atoms. The highest BCUT2D eigenvalue weighted by atomic mass is 79.9. The highest BCUT2D eigenvalue weighted by Crippen LogP contribution is 2.29. The number of carbonyl (C=O) groups excluding carboxylic acids is 1. The Morgan fingerprint density at radius 1 is 1.12 bits per heavy atom. The van der Waals surface area contributed by atoms with E-state index in [2.05, 4.69) is 47.4 Å². The Morgan fingerprint density at radius 2 is 1.96 bits per heavy atom. The van der Waals surface area contributed by atoms with Gasteiger partial charge in [0.1, 0.15) is 0 Å². The Morgan fingerprint density at radius 3 is 2.75 bits per heavy atom. The Bertz CT molecular complexity index is 870. The summed E-state index contributed by atoms with van der Waals surface area (Å²) in [4.78, 5) is 12.0. The van der Waals surface area contributed by atoms with Crippen LogP contribution in [0.25, 0.3) is 11.5 Å². The quantitative estimate of drug-likeness (QED) is 0.534. The first-order chi connectivity index (χ1) is 11.6. The third-order valence-electron chi connectivity index (χ3n) is 2.95. The number of rotatable bonds is 5. The molecule has 2 aromatic carbocycles. The molecule has 5 nitrogen and oxygen atoms in total. The largest absolute Gasteiger partial charge is 0.411 e. The second-order valence-electron chi connectivity index (χ2n) is 4.70. The fraction of sp³-hybridized carbons (Fsp3) is 0.0625. The number of hydrogen-bond acceptors (Lipinski definition) is 5. The molecule has 3 aromatic rings. The lowest BCUT2D eigenvalue weighted by Gasteiger charge is -2.04. The fourth-order valence-electron chi connectivity index (χ4n) is 1.90. The average molecular weight is 469 g/mol. The number of carbonyl (C=O) groups is 1. The van der Waals surface area contributed by atoms with Crippen LogP contribution in [0.15, 0.2) is 67.1 Å². The van der Waals surface area contributed by atoms with Crippen molar-refractivity contribution in [3.05, 3.63) is 57.5 Å². The summed E-state index contributed by atoms with van der Waals surface area (Å²) in [6, 6.07) is 15.0. The number of nitrogens with zero attached hydrogens (tertiary/aromatic N) is 2. The van der Waals surface area contributed by atoms with Crippen LogP contribution in [0, 0.1) is 0 Å². The third kappa shape index (κ3) is 4.46. The Kier molecular flexibility index (Phi) is 5.70. The van der Waals surface area contributed by atoms with Crippen LogP contribution in [0.3, 0.4) is 0 Å². The van der Waals surface area contributed by atoms with E-state index in [1.165, 1.54) is 11.8 Å². The van der Waals surface area contributed by atoms with Crippen molar-refractivity contribution < 1.29 is 9.21 Å². The minimum absolute atomic E-state index is 0.140. The molecule has 0 fully saturated rings. The summed E-state index contributed by atoms with van der Waals surface area (Å²) in [5.74, 6) is 0.459. The van der Waals surface area contributed by atoms with E-state index in [9.17, 15) is 4.79 Å². The van der Waals surface area contributed by atoms with Crippen LogP contribution in [-0.4, -0.2) is 21.9 Å². The van der Waals surface area contributed by atoms with Crippen molar-refractivity contribution >= 4 is 55.2 Å². The highest BCUT2D eigenvalue weighted by molar-refractivity contribution is 9.10. The van der Waals surface area contributed by atoms with Crippen molar-refractivity contribution in [1.82, 2.24) is 10.2 Å². The maximum atomic E-state index is 12.0. The Labute approximate surface area is 159 Å². The number of halogens is 2. The molecule has 1 N–H and O–H groups in total. The molecule has 0 unspecified atom stereocenters. The maximum Gasteiger partial charge on any atom is 0.277 e. The lowest BCUT2D eigenvalue weighted by atomic mass is 10.2. The Balaban J connectivity index is 1.59. The summed E-state index contributed by atoms with van der Waals surface area (Å²) < 4.78 is 7.37. The zero-order valence-corrected chi connectivity index (χ0v) is 16.2. The van der Waals surface area contributed by atoms with Gasteiger partial charge in [0.25, 0.3) is 5.22 Å². The molecule has 0 saturated heterocycles. The van der Waals surface area contributed by atoms with E-state index in [0.717, 1.165) is 20.2 Å². The molecule has 0 saturated carbocycles. The van der Waals surface area contributed by atoms with Crippen molar-refractivity contribution in [3.63, 3.8) is 0 Å². The average Bonchev–Trinajstić information content (AvgIpc) is 3.02. The second-order valence-corrected chi connectivity index (χ2v) is 7.40. The van der Waals surface area contributed by atoms with Gasteiger partial charge in [-0.2, -0.15) is 0 Å². The van der Waals surface area contributed by atoms with Crippen molar-refractivity contribution in [2.24, 2.45) is 0 Å². The first-order valence-electron chi connectivity index (χ1n) is 6.88. The van der Waals surface area contributed by atoms with Gasteiger partial charge in [-0.3, -0.25) is 4.79 Å². The van der Waals surface area contributed by atoms with Gasteiger partial charge in [-0.15, -0.1) is 10.2 Å². The molecule has 0 radical (unpaired) electrons. The fourth-order valence-corrected chi connectivity index (χ4v) is 3.32. The molecule has 8 heteroatoms. The van der Waals surface area contributed by atoms with Crippen molar-refractivity contribution in [2.75, 3.05) is 11.1 Å². The molecule has 0 aliphatic carbocycles. The van der Waals surface area contributed by atoms with Crippen molar-refractivity contribution in [1.29, 1.82) is 0 Å². The number of anilines is 1. The summed E-state index contributed by atoms with van der Waals surface area (Å²) in [6.07, 6.45) is 0. The van der Waals surface area contributed by atoms with E-state index >= 15 is 0 Å². The SMILES string of the molecule is O=C(CSc1nnc(-c2ccccc2Br)o1)Nc1cccc(Br)c1. The number of hydrogen-bond donors (Lipinski definition) is 1. The molecule has 1 heterocycles. The number of amides is 1. The van der Waals surface area contributed by atoms with E-state index in [1.807, 2.05) is 48.5 Å². The summed E-state index contributed by atoms with van der Waals surface area (Å²) in [5.41, 5.74) is 1.55. The van der Waals surface area contributed by atoms with Gasteiger partial charge in [0.05, 0.1) is 11.3 Å². The Hall–Kier alpha value is -1.64. The van der Waals surface area contributed by atoms with Gasteiger partial charge in [-0.1, -0.05) is 45.9 Å². The van der Waals surface area contributed by atoms with Crippen LogP contribution >= 0.6 is 43.6 Å². The summed E-state index contributed by atoms with van der Waals surface area (Å²) in [6.45, 7) is 0. The summed E-state index contributed by atoms with van der Waals surface area (Å²) in [7, 11) is 0. The molecule has 24 heavy (non-hydrogen) atoms. The minimum atomic E-state index is -0.140. The first kappa shape index (κ1) is 17.2. The minimum Gasteiger partial charge on any atom is -0.411 e. The zero-order valence-electron chi connectivity index (χ0n) is 12.2. The molecule has 0 atom stereocenters. The molecule has 1 amide bonds. The highest BCUT2D eigenvalue weighted by Gasteiger charge is 2.13. The number of thioether (sulfide) groups is 1.